The number of benzene rings is 4. The Morgan fingerprint density at radius 1 is 0.714 bits per heavy atom. The summed E-state index contributed by atoms with van der Waals surface area (Å²) < 4.78 is 24.3. The van der Waals surface area contributed by atoms with Gasteiger partial charge in [0.15, 0.2) is 6.29 Å². The van der Waals surface area contributed by atoms with Crippen LogP contribution in [0.3, 0.4) is 0 Å². The van der Waals surface area contributed by atoms with E-state index in [1.54, 1.807) is 7.11 Å². The Kier molecular flexibility index (Phi) is 7.39. The maximum atomic E-state index is 6.54. The van der Waals surface area contributed by atoms with Crippen molar-refractivity contribution in [1.82, 2.24) is 0 Å². The van der Waals surface area contributed by atoms with Gasteiger partial charge < -0.3 is 30.4 Å². The monoisotopic (exact) mass is 472 g/mol. The molecule has 4 aromatic carbocycles. The lowest BCUT2D eigenvalue weighted by Crippen LogP contribution is -2.64. The first-order chi connectivity index (χ1) is 17.2. The summed E-state index contributed by atoms with van der Waals surface area (Å²) in [4.78, 5) is 0. The Morgan fingerprint density at radius 2 is 1.23 bits per heavy atom. The molecule has 0 saturated carbocycles. The molecule has 0 spiro atoms. The second-order valence-corrected chi connectivity index (χ2v) is 9.01. The molecule has 0 amide bonds. The zero-order chi connectivity index (χ0) is 24.2. The van der Waals surface area contributed by atoms with Crippen molar-refractivity contribution in [3.63, 3.8) is 0 Å². The maximum absolute atomic E-state index is 6.54. The van der Waals surface area contributed by atoms with Gasteiger partial charge in [-0.05, 0) is 44.8 Å². The third kappa shape index (κ3) is 5.23. The highest BCUT2D eigenvalue weighted by atomic mass is 16.7. The van der Waals surface area contributed by atoms with E-state index in [9.17, 15) is 0 Å². The molecule has 4 aromatic rings. The standard InChI is InChI=1S/C29H32N2O4/c1-32-29-26(31)28(34-18-20-11-13-22-7-3-5-9-24(22)15-20)27(25(16-30)35-29)33-17-19-10-12-21-6-2-4-8-23(21)14-19/h2-15,25-29H,16-18,30-31H2,1H3. The number of ether oxygens (including phenoxy) is 4. The van der Waals surface area contributed by atoms with Crippen molar-refractivity contribution in [2.24, 2.45) is 11.5 Å². The van der Waals surface area contributed by atoms with E-state index in [1.807, 2.05) is 24.3 Å². The van der Waals surface area contributed by atoms with Crippen LogP contribution in [0.15, 0.2) is 84.9 Å². The van der Waals surface area contributed by atoms with Gasteiger partial charge >= 0.3 is 0 Å². The minimum absolute atomic E-state index is 0.269. The van der Waals surface area contributed by atoms with E-state index < -0.39 is 30.6 Å². The Morgan fingerprint density at radius 3 is 1.74 bits per heavy atom. The minimum atomic E-state index is -0.620. The van der Waals surface area contributed by atoms with Gasteiger partial charge in [0.2, 0.25) is 0 Å². The molecule has 1 fully saturated rings. The quantitative estimate of drug-likeness (QED) is 0.401. The molecule has 35 heavy (non-hydrogen) atoms. The van der Waals surface area contributed by atoms with E-state index in [4.69, 9.17) is 30.4 Å². The first-order valence-corrected chi connectivity index (χ1v) is 12.0. The normalized spacial score (nSPS) is 24.7. The summed E-state index contributed by atoms with van der Waals surface area (Å²) in [6, 6.07) is 28.6. The Bertz CT molecular complexity index is 1280. The zero-order valence-corrected chi connectivity index (χ0v) is 19.9. The summed E-state index contributed by atoms with van der Waals surface area (Å²) in [5.41, 5.74) is 14.7. The summed E-state index contributed by atoms with van der Waals surface area (Å²) in [6.45, 7) is 1.06. The van der Waals surface area contributed by atoms with Gasteiger partial charge in [-0.1, -0.05) is 72.8 Å². The lowest BCUT2D eigenvalue weighted by molar-refractivity contribution is -0.269. The molecular formula is C29H32N2O4. The highest BCUT2D eigenvalue weighted by Gasteiger charge is 2.45. The molecule has 0 bridgehead atoms. The Hall–Kier alpha value is -2.84. The SMILES string of the molecule is COC1OC(CN)C(OCc2ccc3ccccc3c2)C(OCc2ccc3ccccc3c2)C1N. The van der Waals surface area contributed by atoms with Crippen molar-refractivity contribution in [3.8, 4) is 0 Å². The van der Waals surface area contributed by atoms with Crippen molar-refractivity contribution in [1.29, 1.82) is 0 Å². The molecular weight excluding hydrogens is 440 g/mol. The number of nitrogens with two attached hydrogens (primary N) is 2. The molecule has 1 saturated heterocycles. The zero-order valence-electron chi connectivity index (χ0n) is 19.9. The van der Waals surface area contributed by atoms with Crippen LogP contribution in [0.25, 0.3) is 21.5 Å². The summed E-state index contributed by atoms with van der Waals surface area (Å²) in [6.07, 6.45) is -1.91. The van der Waals surface area contributed by atoms with Crippen LogP contribution in [0.1, 0.15) is 11.1 Å². The van der Waals surface area contributed by atoms with Gasteiger partial charge in [-0.2, -0.15) is 0 Å². The van der Waals surface area contributed by atoms with Crippen molar-refractivity contribution < 1.29 is 18.9 Å². The number of hydrogen-bond donors (Lipinski definition) is 2. The molecule has 1 aliphatic heterocycles. The summed E-state index contributed by atoms with van der Waals surface area (Å²) in [5, 5.41) is 4.73. The van der Waals surface area contributed by atoms with Crippen LogP contribution in [0.5, 0.6) is 0 Å². The first-order valence-electron chi connectivity index (χ1n) is 12.0. The summed E-state index contributed by atoms with van der Waals surface area (Å²) in [7, 11) is 1.58. The van der Waals surface area contributed by atoms with E-state index in [-0.39, 0.29) is 6.54 Å². The topological polar surface area (TPSA) is 89.0 Å². The molecule has 0 aromatic heterocycles. The van der Waals surface area contributed by atoms with Gasteiger partial charge in [0.25, 0.3) is 0 Å². The van der Waals surface area contributed by atoms with E-state index in [0.717, 1.165) is 11.1 Å². The minimum Gasteiger partial charge on any atom is -0.369 e. The highest BCUT2D eigenvalue weighted by Crippen LogP contribution is 2.28. The van der Waals surface area contributed by atoms with Gasteiger partial charge in [-0.25, -0.2) is 0 Å². The lowest BCUT2D eigenvalue weighted by atomic mass is 9.96. The molecule has 1 aliphatic rings. The fourth-order valence-corrected chi connectivity index (χ4v) is 4.78. The van der Waals surface area contributed by atoms with E-state index >= 15 is 0 Å². The second kappa shape index (κ2) is 10.8. The Labute approximate surface area is 205 Å². The van der Waals surface area contributed by atoms with Crippen LogP contribution in [-0.4, -0.2) is 44.3 Å². The number of fused-ring (bicyclic) bond motifs is 2. The van der Waals surface area contributed by atoms with Crippen LogP contribution < -0.4 is 11.5 Å². The first kappa shape index (κ1) is 23.9. The van der Waals surface area contributed by atoms with E-state index in [0.29, 0.717) is 13.2 Å². The molecule has 182 valence electrons. The van der Waals surface area contributed by atoms with Gasteiger partial charge in [0.1, 0.15) is 18.3 Å². The molecule has 6 nitrogen and oxygen atoms in total. The third-order valence-electron chi connectivity index (χ3n) is 6.67. The molecule has 5 atom stereocenters. The molecule has 6 heteroatoms. The fraction of sp³-hybridized carbons (Fsp3) is 0.310. The lowest BCUT2D eigenvalue weighted by Gasteiger charge is -2.44. The largest absolute Gasteiger partial charge is 0.369 e. The van der Waals surface area contributed by atoms with Crippen LogP contribution in [0.4, 0.5) is 0 Å². The average molecular weight is 473 g/mol. The summed E-state index contributed by atoms with van der Waals surface area (Å²) in [5.74, 6) is 0. The van der Waals surface area contributed by atoms with E-state index in [1.165, 1.54) is 21.5 Å². The van der Waals surface area contributed by atoms with Gasteiger partial charge in [-0.15, -0.1) is 0 Å². The number of hydrogen-bond acceptors (Lipinski definition) is 6. The third-order valence-corrected chi connectivity index (χ3v) is 6.67. The van der Waals surface area contributed by atoms with Crippen LogP contribution in [-0.2, 0) is 32.2 Å². The molecule has 4 N–H and O–H groups in total. The number of rotatable bonds is 8. The molecule has 5 unspecified atom stereocenters. The molecule has 0 aliphatic carbocycles. The van der Waals surface area contributed by atoms with Crippen molar-refractivity contribution >= 4 is 21.5 Å². The van der Waals surface area contributed by atoms with Gasteiger partial charge in [-0.3, -0.25) is 0 Å². The van der Waals surface area contributed by atoms with Crippen LogP contribution >= 0.6 is 0 Å². The van der Waals surface area contributed by atoms with Crippen molar-refractivity contribution in [2.75, 3.05) is 13.7 Å². The van der Waals surface area contributed by atoms with Crippen molar-refractivity contribution in [2.45, 2.75) is 43.9 Å². The summed E-state index contributed by atoms with van der Waals surface area (Å²) >= 11 is 0. The average Bonchev–Trinajstić information content (AvgIpc) is 2.91. The van der Waals surface area contributed by atoms with Gasteiger partial charge in [0.05, 0.1) is 19.3 Å². The van der Waals surface area contributed by atoms with Crippen LogP contribution in [0.2, 0.25) is 0 Å². The maximum Gasteiger partial charge on any atom is 0.175 e. The predicted molar refractivity (Wildman–Crippen MR) is 138 cm³/mol. The molecule has 1 heterocycles. The Balaban J connectivity index is 1.34. The number of methoxy groups -OCH3 is 1. The molecule has 5 rings (SSSR count). The fourth-order valence-electron chi connectivity index (χ4n) is 4.78. The second-order valence-electron chi connectivity index (χ2n) is 9.01. The van der Waals surface area contributed by atoms with Crippen LogP contribution in [0, 0.1) is 0 Å². The van der Waals surface area contributed by atoms with E-state index in [2.05, 4.69) is 60.7 Å². The highest BCUT2D eigenvalue weighted by molar-refractivity contribution is 5.83. The predicted octanol–water partition coefficient (Wildman–Crippen LogP) is 4.12. The van der Waals surface area contributed by atoms with Gasteiger partial charge in [0, 0.05) is 13.7 Å². The molecule has 0 radical (unpaired) electrons. The van der Waals surface area contributed by atoms with Crippen molar-refractivity contribution in [3.05, 3.63) is 96.1 Å². The smallest absolute Gasteiger partial charge is 0.175 e.